The van der Waals surface area contributed by atoms with Gasteiger partial charge in [0.1, 0.15) is 0 Å². The van der Waals surface area contributed by atoms with E-state index in [1.165, 1.54) is 13.8 Å². The second kappa shape index (κ2) is 9.26. The van der Waals surface area contributed by atoms with Crippen LogP contribution >= 0.6 is 7.82 Å². The summed E-state index contributed by atoms with van der Waals surface area (Å²) in [5.74, 6) is -0.620. The smallest absolute Gasteiger partial charge is 0.432 e. The molecule has 112 valence electrons. The van der Waals surface area contributed by atoms with Crippen LogP contribution in [-0.2, 0) is 27.7 Å². The number of hydrogen-bond acceptors (Lipinski definition) is 6. The summed E-state index contributed by atoms with van der Waals surface area (Å²) in [4.78, 5) is 11.3. The molecule has 0 aliphatic heterocycles. The first-order valence-electron chi connectivity index (χ1n) is 6.28. The molecule has 0 N–H and O–H groups in total. The number of hydrogen-bond donors (Lipinski definition) is 0. The summed E-state index contributed by atoms with van der Waals surface area (Å²) < 4.78 is 32.4. The summed E-state index contributed by atoms with van der Waals surface area (Å²) in [7, 11) is -3.70. The fourth-order valence-corrected chi connectivity index (χ4v) is 2.37. The van der Waals surface area contributed by atoms with Crippen molar-refractivity contribution >= 4 is 13.8 Å². The maximum atomic E-state index is 12.2. The number of carbonyl (C=O) groups is 1. The van der Waals surface area contributed by atoms with E-state index in [1.807, 2.05) is 13.8 Å². The fourth-order valence-electron chi connectivity index (χ4n) is 0.959. The summed E-state index contributed by atoms with van der Waals surface area (Å²) in [5.41, 5.74) is 0.231. The molecule has 0 aliphatic rings. The van der Waals surface area contributed by atoms with E-state index in [0.717, 1.165) is 0 Å². The lowest BCUT2D eigenvalue weighted by molar-refractivity contribution is -0.158. The first-order chi connectivity index (χ1) is 8.84. The molecular formula is C12H23O6P. The van der Waals surface area contributed by atoms with E-state index in [9.17, 15) is 9.36 Å². The van der Waals surface area contributed by atoms with Crippen LogP contribution in [0.4, 0.5) is 0 Å². The molecule has 0 saturated carbocycles. The molecule has 1 atom stereocenters. The molecular weight excluding hydrogens is 271 g/mol. The van der Waals surface area contributed by atoms with Crippen LogP contribution in [0.5, 0.6) is 0 Å². The topological polar surface area (TPSA) is 71.1 Å². The molecule has 0 aromatic carbocycles. The number of rotatable bonds is 10. The number of phosphoric acid groups is 1. The van der Waals surface area contributed by atoms with Gasteiger partial charge in [0.05, 0.1) is 13.2 Å². The van der Waals surface area contributed by atoms with Crippen molar-refractivity contribution in [2.75, 3.05) is 13.2 Å². The van der Waals surface area contributed by atoms with Crippen molar-refractivity contribution in [2.24, 2.45) is 0 Å². The fraction of sp³-hybridized carbons (Fsp3) is 0.750. The van der Waals surface area contributed by atoms with Crippen LogP contribution in [0.3, 0.4) is 0 Å². The zero-order chi connectivity index (χ0) is 14.9. The van der Waals surface area contributed by atoms with Gasteiger partial charge in [-0.05, 0) is 26.7 Å². The number of esters is 1. The second-order valence-corrected chi connectivity index (χ2v) is 5.59. The second-order valence-electron chi connectivity index (χ2n) is 3.97. The Bertz CT molecular complexity index is 329. The molecule has 0 saturated heterocycles. The highest BCUT2D eigenvalue weighted by molar-refractivity contribution is 7.48. The molecule has 0 radical (unpaired) electrons. The summed E-state index contributed by atoms with van der Waals surface area (Å²) in [6, 6.07) is 0. The molecule has 1 unspecified atom stereocenters. The highest BCUT2D eigenvalue weighted by Crippen LogP contribution is 2.50. The van der Waals surface area contributed by atoms with Crippen LogP contribution in [0.2, 0.25) is 0 Å². The van der Waals surface area contributed by atoms with Crippen LogP contribution in [-0.4, -0.2) is 25.5 Å². The Labute approximate surface area is 114 Å². The molecule has 19 heavy (non-hydrogen) atoms. The molecule has 7 heteroatoms. The van der Waals surface area contributed by atoms with Gasteiger partial charge in [0.25, 0.3) is 0 Å². The summed E-state index contributed by atoms with van der Waals surface area (Å²) in [6.45, 7) is 10.6. The van der Waals surface area contributed by atoms with Crippen LogP contribution in [0.15, 0.2) is 12.2 Å². The molecule has 0 aromatic rings. The third-order valence-corrected chi connectivity index (χ3v) is 3.36. The Balaban J connectivity index is 4.49. The average molecular weight is 294 g/mol. The predicted octanol–water partition coefficient (Wildman–Crippen LogP) is 3.43. The van der Waals surface area contributed by atoms with E-state index < -0.39 is 20.1 Å². The Morgan fingerprint density at radius 1 is 1.21 bits per heavy atom. The molecule has 0 bridgehead atoms. The Morgan fingerprint density at radius 3 is 2.05 bits per heavy atom. The quantitative estimate of drug-likeness (QED) is 0.266. The van der Waals surface area contributed by atoms with Gasteiger partial charge in [-0.15, -0.1) is 0 Å². The van der Waals surface area contributed by atoms with Crippen LogP contribution in [0, 0.1) is 0 Å². The van der Waals surface area contributed by atoms with E-state index in [4.69, 9.17) is 18.3 Å². The van der Waals surface area contributed by atoms with Crippen molar-refractivity contribution in [2.45, 2.75) is 46.8 Å². The Kier molecular flexibility index (Phi) is 8.93. The summed E-state index contributed by atoms with van der Waals surface area (Å²) in [5, 5.41) is 0. The van der Waals surface area contributed by atoms with Gasteiger partial charge < -0.3 is 4.74 Å². The molecule has 0 fully saturated rings. The maximum Gasteiger partial charge on any atom is 0.477 e. The standard InChI is InChI=1S/C12H23O6P/c1-6-8-15-19(14,16-9-7-2)18-11(5)17-12(13)10(3)4/h11H,3,6-9H2,1-2,4-5H3. The average Bonchev–Trinajstić information content (AvgIpc) is 2.33. The molecule has 0 heterocycles. The van der Waals surface area contributed by atoms with E-state index in [1.54, 1.807) is 0 Å². The van der Waals surface area contributed by atoms with E-state index in [0.29, 0.717) is 12.8 Å². The van der Waals surface area contributed by atoms with E-state index >= 15 is 0 Å². The van der Waals surface area contributed by atoms with Crippen molar-refractivity contribution in [1.82, 2.24) is 0 Å². The number of phosphoric ester groups is 1. The molecule has 0 spiro atoms. The molecule has 0 aromatic heterocycles. The first kappa shape index (κ1) is 18.3. The minimum absolute atomic E-state index is 0.231. The Hall–Kier alpha value is -0.680. The van der Waals surface area contributed by atoms with Crippen LogP contribution in [0.1, 0.15) is 40.5 Å². The molecule has 0 rings (SSSR count). The van der Waals surface area contributed by atoms with Gasteiger partial charge in [-0.3, -0.25) is 9.05 Å². The first-order valence-corrected chi connectivity index (χ1v) is 7.74. The SMILES string of the molecule is C=C(C)C(=O)OC(C)OP(=O)(OCCC)OCCC. The van der Waals surface area contributed by atoms with Crippen molar-refractivity contribution in [3.05, 3.63) is 12.2 Å². The minimum Gasteiger partial charge on any atom is -0.432 e. The highest BCUT2D eigenvalue weighted by Gasteiger charge is 2.30. The molecule has 0 amide bonds. The number of carbonyl (C=O) groups excluding carboxylic acids is 1. The van der Waals surface area contributed by atoms with Crippen LogP contribution < -0.4 is 0 Å². The van der Waals surface area contributed by atoms with Gasteiger partial charge in [0, 0.05) is 5.57 Å². The maximum absolute atomic E-state index is 12.2. The van der Waals surface area contributed by atoms with Crippen molar-refractivity contribution < 1.29 is 27.7 Å². The van der Waals surface area contributed by atoms with Gasteiger partial charge in [-0.2, -0.15) is 0 Å². The zero-order valence-corrected chi connectivity index (χ0v) is 12.9. The van der Waals surface area contributed by atoms with Crippen LogP contribution in [0.25, 0.3) is 0 Å². The normalized spacial score (nSPS) is 13.1. The van der Waals surface area contributed by atoms with Gasteiger partial charge in [-0.1, -0.05) is 20.4 Å². The van der Waals surface area contributed by atoms with Gasteiger partial charge in [-0.25, -0.2) is 13.9 Å². The third-order valence-electron chi connectivity index (χ3n) is 1.81. The predicted molar refractivity (Wildman–Crippen MR) is 71.5 cm³/mol. The highest BCUT2D eigenvalue weighted by atomic mass is 31.2. The zero-order valence-electron chi connectivity index (χ0n) is 12.0. The molecule has 6 nitrogen and oxygen atoms in total. The Morgan fingerprint density at radius 2 is 1.68 bits per heavy atom. The third kappa shape index (κ3) is 8.16. The summed E-state index contributed by atoms with van der Waals surface area (Å²) in [6.07, 6.45) is 0.301. The summed E-state index contributed by atoms with van der Waals surface area (Å²) >= 11 is 0. The lowest BCUT2D eigenvalue weighted by Crippen LogP contribution is -2.19. The lowest BCUT2D eigenvalue weighted by atomic mass is 10.4. The minimum atomic E-state index is -3.70. The van der Waals surface area contributed by atoms with Crippen molar-refractivity contribution in [1.29, 1.82) is 0 Å². The van der Waals surface area contributed by atoms with Crippen molar-refractivity contribution in [3.63, 3.8) is 0 Å². The van der Waals surface area contributed by atoms with Gasteiger partial charge in [0.15, 0.2) is 0 Å². The van der Waals surface area contributed by atoms with Gasteiger partial charge in [0.2, 0.25) is 6.29 Å². The van der Waals surface area contributed by atoms with E-state index in [-0.39, 0.29) is 18.8 Å². The van der Waals surface area contributed by atoms with E-state index in [2.05, 4.69) is 6.58 Å². The van der Waals surface area contributed by atoms with Crippen molar-refractivity contribution in [3.8, 4) is 0 Å². The largest absolute Gasteiger partial charge is 0.477 e. The number of ether oxygens (including phenoxy) is 1. The molecule has 0 aliphatic carbocycles. The monoisotopic (exact) mass is 294 g/mol. The van der Waals surface area contributed by atoms with Gasteiger partial charge >= 0.3 is 13.8 Å². The lowest BCUT2D eigenvalue weighted by Gasteiger charge is -2.21.